The number of anilines is 1. The van der Waals surface area contributed by atoms with Crippen LogP contribution in [0.5, 0.6) is 11.5 Å². The molecule has 0 radical (unpaired) electrons. The van der Waals surface area contributed by atoms with E-state index < -0.39 is 0 Å². The van der Waals surface area contributed by atoms with Gasteiger partial charge in [-0.25, -0.2) is 4.79 Å². The molecule has 2 aromatic carbocycles. The van der Waals surface area contributed by atoms with Crippen molar-refractivity contribution in [3.05, 3.63) is 59.8 Å². The molecule has 0 aromatic heterocycles. The van der Waals surface area contributed by atoms with Crippen LogP contribution in [0.1, 0.15) is 11.1 Å². The van der Waals surface area contributed by atoms with Gasteiger partial charge in [-0.2, -0.15) is 0 Å². The summed E-state index contributed by atoms with van der Waals surface area (Å²) in [5.74, 6) is 1.34. The van der Waals surface area contributed by atoms with Crippen molar-refractivity contribution in [2.45, 2.75) is 6.54 Å². The first-order valence-corrected chi connectivity index (χ1v) is 8.91. The van der Waals surface area contributed by atoms with Crippen LogP contribution in [0.3, 0.4) is 0 Å². The van der Waals surface area contributed by atoms with Crippen LogP contribution >= 0.6 is 0 Å². The maximum Gasteiger partial charge on any atom is 0.325 e. The number of rotatable bonds is 7. The van der Waals surface area contributed by atoms with E-state index in [1.165, 1.54) is 12.4 Å². The Morgan fingerprint density at radius 1 is 1.18 bits per heavy atom. The number of benzene rings is 2. The normalized spacial score (nSPS) is 14.4. The van der Waals surface area contributed by atoms with E-state index in [2.05, 4.69) is 0 Å². The third-order valence-corrected chi connectivity index (χ3v) is 4.74. The molecular formula is C21H24N4O3. The predicted molar refractivity (Wildman–Crippen MR) is 110 cm³/mol. The SMILES string of the molecule is COc1cccc(CN2CCN(c3ccc(/C(C=N)=C/N)cc3OC)C2=O)c1. The Hall–Kier alpha value is -3.48. The topological polar surface area (TPSA) is 91.9 Å². The lowest BCUT2D eigenvalue weighted by Crippen LogP contribution is -2.31. The smallest absolute Gasteiger partial charge is 0.325 e. The number of carbonyl (C=O) groups excluding carboxylic acids is 1. The summed E-state index contributed by atoms with van der Waals surface area (Å²) >= 11 is 0. The van der Waals surface area contributed by atoms with E-state index in [9.17, 15) is 4.79 Å². The van der Waals surface area contributed by atoms with Crippen molar-refractivity contribution < 1.29 is 14.3 Å². The van der Waals surface area contributed by atoms with Crippen molar-refractivity contribution in [3.8, 4) is 11.5 Å². The minimum atomic E-state index is -0.0736. The fourth-order valence-electron chi connectivity index (χ4n) is 3.25. The number of urea groups is 1. The molecule has 7 nitrogen and oxygen atoms in total. The average Bonchev–Trinajstić information content (AvgIpc) is 3.09. The highest BCUT2D eigenvalue weighted by Gasteiger charge is 2.31. The summed E-state index contributed by atoms with van der Waals surface area (Å²) in [6.45, 7) is 1.71. The van der Waals surface area contributed by atoms with Crippen molar-refractivity contribution in [1.29, 1.82) is 5.41 Å². The van der Waals surface area contributed by atoms with Gasteiger partial charge in [0, 0.05) is 37.6 Å². The molecule has 0 aliphatic carbocycles. The van der Waals surface area contributed by atoms with Crippen molar-refractivity contribution in [1.82, 2.24) is 4.90 Å². The van der Waals surface area contributed by atoms with E-state index in [1.54, 1.807) is 30.1 Å². The standard InChI is InChI=1S/C21H24N4O3/c1-27-18-5-3-4-15(10-18)14-24-8-9-25(21(24)26)19-7-6-16(11-20(19)28-2)17(12-22)13-23/h3-7,10-13,22H,8-9,14,23H2,1-2H3/b17-13+,22-12?. The Balaban J connectivity index is 1.81. The number of ether oxygens (including phenoxy) is 2. The summed E-state index contributed by atoms with van der Waals surface area (Å²) in [6, 6.07) is 13.1. The molecule has 0 unspecified atom stereocenters. The summed E-state index contributed by atoms with van der Waals surface area (Å²) in [4.78, 5) is 16.5. The Morgan fingerprint density at radius 2 is 2.00 bits per heavy atom. The number of hydrogen-bond acceptors (Lipinski definition) is 5. The van der Waals surface area contributed by atoms with Gasteiger partial charge >= 0.3 is 6.03 Å². The highest BCUT2D eigenvalue weighted by atomic mass is 16.5. The minimum Gasteiger partial charge on any atom is -0.497 e. The van der Waals surface area contributed by atoms with Crippen LogP contribution in [0.4, 0.5) is 10.5 Å². The van der Waals surface area contributed by atoms with Crippen LogP contribution in [0.25, 0.3) is 5.57 Å². The average molecular weight is 380 g/mol. The molecule has 0 atom stereocenters. The highest BCUT2D eigenvalue weighted by molar-refractivity contribution is 6.08. The lowest BCUT2D eigenvalue weighted by atomic mass is 10.1. The number of amides is 2. The van der Waals surface area contributed by atoms with Crippen LogP contribution in [0.2, 0.25) is 0 Å². The molecule has 0 saturated carbocycles. The lowest BCUT2D eigenvalue weighted by molar-refractivity contribution is 0.218. The molecule has 1 saturated heterocycles. The summed E-state index contributed by atoms with van der Waals surface area (Å²) in [5.41, 5.74) is 8.62. The summed E-state index contributed by atoms with van der Waals surface area (Å²) in [5, 5.41) is 7.45. The van der Waals surface area contributed by atoms with Crippen LogP contribution in [0, 0.1) is 5.41 Å². The van der Waals surface area contributed by atoms with Gasteiger partial charge in [-0.3, -0.25) is 4.90 Å². The number of nitrogens with zero attached hydrogens (tertiary/aromatic N) is 2. The molecule has 0 spiro atoms. The van der Waals surface area contributed by atoms with Gasteiger partial charge in [0.25, 0.3) is 0 Å². The first kappa shape index (κ1) is 19.3. The van der Waals surface area contributed by atoms with Gasteiger partial charge < -0.3 is 25.5 Å². The zero-order chi connectivity index (χ0) is 20.1. The second kappa shape index (κ2) is 8.47. The van der Waals surface area contributed by atoms with Crippen molar-refractivity contribution in [3.63, 3.8) is 0 Å². The number of methoxy groups -OCH3 is 2. The maximum absolute atomic E-state index is 13.0. The van der Waals surface area contributed by atoms with Crippen molar-refractivity contribution in [2.24, 2.45) is 5.73 Å². The molecular weight excluding hydrogens is 356 g/mol. The van der Waals surface area contributed by atoms with Crippen LogP contribution < -0.4 is 20.1 Å². The summed E-state index contributed by atoms with van der Waals surface area (Å²) in [6.07, 6.45) is 2.56. The van der Waals surface area contributed by atoms with Gasteiger partial charge in [0.15, 0.2) is 0 Å². The first-order chi connectivity index (χ1) is 13.6. The number of nitrogens with two attached hydrogens (primary N) is 1. The van der Waals surface area contributed by atoms with Crippen molar-refractivity contribution in [2.75, 3.05) is 32.2 Å². The molecule has 3 N–H and O–H groups in total. The molecule has 3 rings (SSSR count). The molecule has 146 valence electrons. The molecule has 1 aliphatic rings. The zero-order valence-electron chi connectivity index (χ0n) is 16.0. The summed E-state index contributed by atoms with van der Waals surface area (Å²) < 4.78 is 10.8. The molecule has 0 bridgehead atoms. The molecule has 1 aliphatic heterocycles. The monoisotopic (exact) mass is 380 g/mol. The lowest BCUT2D eigenvalue weighted by Gasteiger charge is -2.21. The molecule has 28 heavy (non-hydrogen) atoms. The van der Waals surface area contributed by atoms with Crippen molar-refractivity contribution >= 4 is 23.5 Å². The second-order valence-corrected chi connectivity index (χ2v) is 6.36. The first-order valence-electron chi connectivity index (χ1n) is 8.91. The number of nitrogens with one attached hydrogen (secondary N) is 1. The third-order valence-electron chi connectivity index (χ3n) is 4.74. The Bertz CT molecular complexity index is 910. The fourth-order valence-corrected chi connectivity index (χ4v) is 3.25. The van der Waals surface area contributed by atoms with Gasteiger partial charge in [0.1, 0.15) is 11.5 Å². The van der Waals surface area contributed by atoms with Gasteiger partial charge in [0.2, 0.25) is 0 Å². The van der Waals surface area contributed by atoms with Crippen LogP contribution in [0.15, 0.2) is 48.7 Å². The maximum atomic E-state index is 13.0. The fraction of sp³-hybridized carbons (Fsp3) is 0.238. The number of allylic oxidation sites excluding steroid dienone is 1. The molecule has 7 heteroatoms. The Morgan fingerprint density at radius 3 is 2.68 bits per heavy atom. The van der Waals surface area contributed by atoms with Gasteiger partial charge in [-0.1, -0.05) is 18.2 Å². The summed E-state index contributed by atoms with van der Waals surface area (Å²) in [7, 11) is 3.19. The molecule has 2 aromatic rings. The third kappa shape index (κ3) is 3.78. The van der Waals surface area contributed by atoms with E-state index >= 15 is 0 Å². The van der Waals surface area contributed by atoms with E-state index in [1.807, 2.05) is 36.4 Å². The van der Waals surface area contributed by atoms with Gasteiger partial charge in [-0.15, -0.1) is 0 Å². The van der Waals surface area contributed by atoms with Crippen LogP contribution in [-0.4, -0.2) is 44.5 Å². The largest absolute Gasteiger partial charge is 0.497 e. The van der Waals surface area contributed by atoms with E-state index in [4.69, 9.17) is 20.6 Å². The quantitative estimate of drug-likeness (QED) is 0.722. The molecule has 1 heterocycles. The van der Waals surface area contributed by atoms with E-state index in [0.29, 0.717) is 36.6 Å². The molecule has 2 amide bonds. The zero-order valence-corrected chi connectivity index (χ0v) is 16.0. The van der Waals surface area contributed by atoms with Crippen LogP contribution in [-0.2, 0) is 6.54 Å². The Labute approximate surface area is 164 Å². The van der Waals surface area contributed by atoms with Gasteiger partial charge in [0.05, 0.1) is 19.9 Å². The number of hydrogen-bond donors (Lipinski definition) is 2. The molecule has 1 fully saturated rings. The predicted octanol–water partition coefficient (Wildman–Crippen LogP) is 3.10. The highest BCUT2D eigenvalue weighted by Crippen LogP contribution is 2.33. The van der Waals surface area contributed by atoms with Gasteiger partial charge in [-0.05, 0) is 35.4 Å². The second-order valence-electron chi connectivity index (χ2n) is 6.36. The minimum absolute atomic E-state index is 0.0736. The Kier molecular flexibility index (Phi) is 5.84. The van der Waals surface area contributed by atoms with E-state index in [-0.39, 0.29) is 6.03 Å². The number of carbonyl (C=O) groups is 1. The van der Waals surface area contributed by atoms with E-state index in [0.717, 1.165) is 16.9 Å².